The molecular weight excluding hydrogens is 452 g/mol. The van der Waals surface area contributed by atoms with Gasteiger partial charge in [0.1, 0.15) is 13.2 Å². The Morgan fingerprint density at radius 1 is 1.24 bits per heavy atom. The normalized spacial score (nSPS) is 17.6. The van der Waals surface area contributed by atoms with Gasteiger partial charge < -0.3 is 14.2 Å². The van der Waals surface area contributed by atoms with Crippen molar-refractivity contribution in [1.82, 2.24) is 4.90 Å². The minimum absolute atomic E-state index is 0.0667. The number of hydrogen-bond acceptors (Lipinski definition) is 7. The second kappa shape index (κ2) is 10.6. The SMILES string of the molecule is C=CCOC(=O)C1=C(C)N=C2SCCC(=O)N2[C@H]1c1ccc(OCc2ccccc2)c(OC)c1. The molecule has 0 radical (unpaired) electrons. The summed E-state index contributed by atoms with van der Waals surface area (Å²) >= 11 is 1.50. The first kappa shape index (κ1) is 23.6. The Balaban J connectivity index is 1.71. The molecule has 34 heavy (non-hydrogen) atoms. The van der Waals surface area contributed by atoms with Crippen LogP contribution in [0.15, 0.2) is 77.4 Å². The fraction of sp³-hybridized carbons (Fsp3) is 0.269. The number of ether oxygens (including phenoxy) is 3. The largest absolute Gasteiger partial charge is 0.493 e. The van der Waals surface area contributed by atoms with Crippen LogP contribution in [-0.2, 0) is 20.9 Å². The summed E-state index contributed by atoms with van der Waals surface area (Å²) in [4.78, 5) is 32.1. The van der Waals surface area contributed by atoms with E-state index in [9.17, 15) is 9.59 Å². The average Bonchev–Trinajstić information content (AvgIpc) is 2.86. The number of esters is 1. The van der Waals surface area contributed by atoms with Gasteiger partial charge in [-0.15, -0.1) is 0 Å². The number of carbonyl (C=O) groups excluding carboxylic acids is 2. The predicted octanol–water partition coefficient (Wildman–Crippen LogP) is 4.65. The highest BCUT2D eigenvalue weighted by Crippen LogP contribution is 2.42. The fourth-order valence-corrected chi connectivity index (χ4v) is 4.90. The number of amidine groups is 1. The molecule has 1 atom stereocenters. The van der Waals surface area contributed by atoms with Crippen molar-refractivity contribution in [3.8, 4) is 11.5 Å². The highest BCUT2D eigenvalue weighted by Gasteiger charge is 2.42. The molecule has 7 nitrogen and oxygen atoms in total. The van der Waals surface area contributed by atoms with Crippen LogP contribution in [0.1, 0.15) is 30.5 Å². The van der Waals surface area contributed by atoms with Gasteiger partial charge in [0.05, 0.1) is 24.4 Å². The molecule has 2 aliphatic rings. The van der Waals surface area contributed by atoms with Crippen molar-refractivity contribution in [3.05, 3.63) is 83.6 Å². The molecule has 2 aromatic carbocycles. The maximum Gasteiger partial charge on any atom is 0.338 e. The summed E-state index contributed by atoms with van der Waals surface area (Å²) in [5.41, 5.74) is 2.58. The van der Waals surface area contributed by atoms with Crippen molar-refractivity contribution in [3.63, 3.8) is 0 Å². The zero-order valence-corrected chi connectivity index (χ0v) is 20.0. The first-order chi connectivity index (χ1) is 16.5. The Kier molecular flexibility index (Phi) is 7.37. The number of aliphatic imine (C=N–C) groups is 1. The lowest BCUT2D eigenvalue weighted by atomic mass is 9.94. The Morgan fingerprint density at radius 2 is 2.03 bits per heavy atom. The smallest absolute Gasteiger partial charge is 0.338 e. The molecule has 0 saturated carbocycles. The van der Waals surface area contributed by atoms with Crippen LogP contribution in [0.4, 0.5) is 0 Å². The van der Waals surface area contributed by atoms with Crippen molar-refractivity contribution in [1.29, 1.82) is 0 Å². The van der Waals surface area contributed by atoms with Crippen LogP contribution in [0.25, 0.3) is 0 Å². The van der Waals surface area contributed by atoms with E-state index in [2.05, 4.69) is 11.6 Å². The highest BCUT2D eigenvalue weighted by atomic mass is 32.2. The summed E-state index contributed by atoms with van der Waals surface area (Å²) in [6.45, 7) is 5.82. The van der Waals surface area contributed by atoms with Crippen LogP contribution in [0.3, 0.4) is 0 Å². The minimum atomic E-state index is -0.679. The van der Waals surface area contributed by atoms with Gasteiger partial charge in [-0.2, -0.15) is 0 Å². The van der Waals surface area contributed by atoms with E-state index in [1.165, 1.54) is 17.8 Å². The van der Waals surface area contributed by atoms with Crippen molar-refractivity contribution in [2.75, 3.05) is 19.5 Å². The zero-order chi connectivity index (χ0) is 24.1. The van der Waals surface area contributed by atoms with Gasteiger partial charge >= 0.3 is 5.97 Å². The van der Waals surface area contributed by atoms with Crippen LogP contribution in [-0.4, -0.2) is 41.4 Å². The Hall–Kier alpha value is -3.52. The molecule has 1 fully saturated rings. The van der Waals surface area contributed by atoms with Crippen LogP contribution in [0, 0.1) is 0 Å². The van der Waals surface area contributed by atoms with Gasteiger partial charge in [-0.1, -0.05) is 60.8 Å². The lowest BCUT2D eigenvalue weighted by molar-refractivity contribution is -0.139. The van der Waals surface area contributed by atoms with Gasteiger partial charge in [-0.3, -0.25) is 9.69 Å². The van der Waals surface area contributed by atoms with Crippen molar-refractivity contribution in [2.24, 2.45) is 4.99 Å². The van der Waals surface area contributed by atoms with Crippen LogP contribution in [0.5, 0.6) is 11.5 Å². The lowest BCUT2D eigenvalue weighted by Gasteiger charge is -2.39. The summed E-state index contributed by atoms with van der Waals surface area (Å²) in [5, 5.41) is 0.586. The number of thioether (sulfide) groups is 1. The van der Waals surface area contributed by atoms with E-state index < -0.39 is 12.0 Å². The van der Waals surface area contributed by atoms with Crippen LogP contribution in [0.2, 0.25) is 0 Å². The predicted molar refractivity (Wildman–Crippen MR) is 132 cm³/mol. The molecule has 8 heteroatoms. The van der Waals surface area contributed by atoms with Gasteiger partial charge in [-0.25, -0.2) is 9.79 Å². The monoisotopic (exact) mass is 478 g/mol. The number of hydrogen-bond donors (Lipinski definition) is 0. The standard InChI is InChI=1S/C26H26N2O5S/c1-4-13-32-25(30)23-17(2)27-26-28(22(29)12-14-34-26)24(23)19-10-11-20(21(15-19)31-3)33-16-18-8-6-5-7-9-18/h4-11,15,24H,1,12-14,16H2,2-3H3/t24-/m0/s1. The molecule has 2 heterocycles. The minimum Gasteiger partial charge on any atom is -0.493 e. The van der Waals surface area contributed by atoms with Gasteiger partial charge in [0, 0.05) is 12.2 Å². The van der Waals surface area contributed by atoms with E-state index in [0.29, 0.717) is 52.3 Å². The summed E-state index contributed by atoms with van der Waals surface area (Å²) in [5.74, 6) is 1.10. The molecule has 0 aliphatic carbocycles. The van der Waals surface area contributed by atoms with E-state index in [1.807, 2.05) is 36.4 Å². The van der Waals surface area contributed by atoms with Crippen molar-refractivity contribution in [2.45, 2.75) is 26.0 Å². The van der Waals surface area contributed by atoms with Gasteiger partial charge in [0.15, 0.2) is 16.7 Å². The molecule has 0 spiro atoms. The highest BCUT2D eigenvalue weighted by molar-refractivity contribution is 8.14. The Morgan fingerprint density at radius 3 is 2.76 bits per heavy atom. The molecule has 2 aliphatic heterocycles. The van der Waals surface area contributed by atoms with Gasteiger partial charge in [0.2, 0.25) is 5.91 Å². The summed E-state index contributed by atoms with van der Waals surface area (Å²) < 4.78 is 16.9. The summed E-state index contributed by atoms with van der Waals surface area (Å²) in [6, 6.07) is 14.6. The molecule has 0 unspecified atom stereocenters. The van der Waals surface area contributed by atoms with E-state index in [4.69, 9.17) is 14.2 Å². The van der Waals surface area contributed by atoms with Crippen molar-refractivity contribution < 1.29 is 23.8 Å². The van der Waals surface area contributed by atoms with Crippen LogP contribution >= 0.6 is 11.8 Å². The second-order valence-corrected chi connectivity index (χ2v) is 8.79. The summed E-state index contributed by atoms with van der Waals surface area (Å²) in [6.07, 6.45) is 1.87. The number of rotatable bonds is 8. The molecule has 0 aromatic heterocycles. The molecular formula is C26H26N2O5S. The second-order valence-electron chi connectivity index (χ2n) is 7.73. The van der Waals surface area contributed by atoms with E-state index in [1.54, 1.807) is 31.1 Å². The number of carbonyl (C=O) groups is 2. The fourth-order valence-electron chi connectivity index (χ4n) is 3.89. The number of amides is 1. The van der Waals surface area contributed by atoms with Crippen LogP contribution < -0.4 is 9.47 Å². The average molecular weight is 479 g/mol. The number of benzene rings is 2. The maximum atomic E-state index is 13.0. The van der Waals surface area contributed by atoms with Gasteiger partial charge in [-0.05, 0) is 30.2 Å². The third kappa shape index (κ3) is 4.87. The van der Waals surface area contributed by atoms with E-state index in [0.717, 1.165) is 5.56 Å². The number of allylic oxidation sites excluding steroid dienone is 1. The molecule has 1 saturated heterocycles. The lowest BCUT2D eigenvalue weighted by Crippen LogP contribution is -2.45. The molecule has 4 rings (SSSR count). The molecule has 0 bridgehead atoms. The number of fused-ring (bicyclic) bond motifs is 1. The third-order valence-corrected chi connectivity index (χ3v) is 6.45. The quantitative estimate of drug-likeness (QED) is 0.406. The molecule has 176 valence electrons. The van der Waals surface area contributed by atoms with Crippen molar-refractivity contribution >= 4 is 28.8 Å². The molecule has 1 amide bonds. The topological polar surface area (TPSA) is 77.4 Å². The van der Waals surface area contributed by atoms with E-state index >= 15 is 0 Å². The third-order valence-electron chi connectivity index (χ3n) is 5.50. The first-order valence-corrected chi connectivity index (χ1v) is 11.9. The molecule has 0 N–H and O–H groups in total. The van der Waals surface area contributed by atoms with E-state index in [-0.39, 0.29) is 12.5 Å². The number of methoxy groups -OCH3 is 1. The Bertz CT molecular complexity index is 1160. The first-order valence-electron chi connectivity index (χ1n) is 10.9. The molecule has 2 aromatic rings. The maximum absolute atomic E-state index is 13.0. The van der Waals surface area contributed by atoms with Gasteiger partial charge in [0.25, 0.3) is 0 Å². The summed E-state index contributed by atoms with van der Waals surface area (Å²) in [7, 11) is 1.56. The Labute approximate surface area is 203 Å². The number of nitrogens with zero attached hydrogens (tertiary/aromatic N) is 2. The zero-order valence-electron chi connectivity index (χ0n) is 19.2.